The second kappa shape index (κ2) is 5.91. The number of phenolic OH excluding ortho intramolecular Hbond substituents is 1. The molecular weight excluding hydrogens is 270 g/mol. The summed E-state index contributed by atoms with van der Waals surface area (Å²) in [6.07, 6.45) is 0. The lowest BCUT2D eigenvalue weighted by molar-refractivity contribution is 0.0661. The maximum absolute atomic E-state index is 11.0. The Morgan fingerprint density at radius 1 is 1.29 bits per heavy atom. The largest absolute Gasteiger partial charge is 0.508 e. The van der Waals surface area contributed by atoms with E-state index in [1.807, 2.05) is 19.9 Å². The van der Waals surface area contributed by atoms with Crippen LogP contribution in [-0.4, -0.2) is 22.7 Å². The van der Waals surface area contributed by atoms with Gasteiger partial charge in [0, 0.05) is 30.4 Å². The van der Waals surface area contributed by atoms with Crippen molar-refractivity contribution in [3.8, 4) is 5.75 Å². The number of carboxylic acids is 1. The van der Waals surface area contributed by atoms with Gasteiger partial charge in [-0.1, -0.05) is 6.07 Å². The third-order valence-corrected chi connectivity index (χ3v) is 3.51. The van der Waals surface area contributed by atoms with Gasteiger partial charge in [-0.25, -0.2) is 4.79 Å². The number of hydrogen-bond donors (Lipinski definition) is 2. The lowest BCUT2D eigenvalue weighted by Crippen LogP contribution is -2.22. The fourth-order valence-electron chi connectivity index (χ4n) is 2.29. The Morgan fingerprint density at radius 2 is 2.00 bits per heavy atom. The number of carbonyl (C=O) groups is 1. The zero-order valence-corrected chi connectivity index (χ0v) is 12.4. The first kappa shape index (κ1) is 15.0. The number of benzene rings is 1. The molecule has 1 heterocycles. The third-order valence-electron chi connectivity index (χ3n) is 3.51. The van der Waals surface area contributed by atoms with Crippen LogP contribution < -0.4 is 4.90 Å². The molecule has 5 nitrogen and oxygen atoms in total. The molecule has 0 unspecified atom stereocenters. The van der Waals surface area contributed by atoms with E-state index in [0.29, 0.717) is 12.3 Å². The summed E-state index contributed by atoms with van der Waals surface area (Å²) < 4.78 is 5.24. The molecule has 2 aromatic rings. The SMILES string of the molecule is CCN(Cc1cc(C(=O)O)oc1C)c1cc(O)ccc1C. The molecule has 0 amide bonds. The van der Waals surface area contributed by atoms with E-state index in [2.05, 4.69) is 4.90 Å². The van der Waals surface area contributed by atoms with Crippen LogP contribution in [0.25, 0.3) is 0 Å². The molecule has 1 aromatic heterocycles. The summed E-state index contributed by atoms with van der Waals surface area (Å²) in [7, 11) is 0. The van der Waals surface area contributed by atoms with Crippen LogP contribution >= 0.6 is 0 Å². The van der Waals surface area contributed by atoms with Crippen molar-refractivity contribution >= 4 is 11.7 Å². The van der Waals surface area contributed by atoms with Crippen molar-refractivity contribution in [2.75, 3.05) is 11.4 Å². The van der Waals surface area contributed by atoms with E-state index in [1.165, 1.54) is 0 Å². The third kappa shape index (κ3) is 3.18. The second-order valence-electron chi connectivity index (χ2n) is 4.98. The normalized spacial score (nSPS) is 10.6. The summed E-state index contributed by atoms with van der Waals surface area (Å²) in [5, 5.41) is 18.6. The smallest absolute Gasteiger partial charge is 0.371 e. The summed E-state index contributed by atoms with van der Waals surface area (Å²) in [4.78, 5) is 13.0. The zero-order chi connectivity index (χ0) is 15.6. The highest BCUT2D eigenvalue weighted by atomic mass is 16.4. The van der Waals surface area contributed by atoms with Gasteiger partial charge in [0.25, 0.3) is 0 Å². The van der Waals surface area contributed by atoms with E-state index in [0.717, 1.165) is 23.4 Å². The van der Waals surface area contributed by atoms with Crippen molar-refractivity contribution in [1.29, 1.82) is 0 Å². The maximum Gasteiger partial charge on any atom is 0.371 e. The van der Waals surface area contributed by atoms with Gasteiger partial charge in [0.05, 0.1) is 0 Å². The molecule has 5 heteroatoms. The lowest BCUT2D eigenvalue weighted by Gasteiger charge is -2.25. The molecule has 0 aliphatic rings. The lowest BCUT2D eigenvalue weighted by atomic mass is 10.1. The number of aryl methyl sites for hydroxylation is 2. The van der Waals surface area contributed by atoms with Gasteiger partial charge < -0.3 is 19.5 Å². The van der Waals surface area contributed by atoms with Gasteiger partial charge in [0.15, 0.2) is 0 Å². The van der Waals surface area contributed by atoms with Crippen LogP contribution in [0.2, 0.25) is 0 Å². The van der Waals surface area contributed by atoms with E-state index in [9.17, 15) is 9.90 Å². The minimum atomic E-state index is -1.07. The van der Waals surface area contributed by atoms with Gasteiger partial charge in [-0.15, -0.1) is 0 Å². The number of furan rings is 1. The van der Waals surface area contributed by atoms with Crippen LogP contribution in [-0.2, 0) is 6.54 Å². The number of nitrogens with zero attached hydrogens (tertiary/aromatic N) is 1. The van der Waals surface area contributed by atoms with E-state index in [1.54, 1.807) is 25.1 Å². The Balaban J connectivity index is 2.31. The van der Waals surface area contributed by atoms with Crippen LogP contribution in [0.1, 0.15) is 34.4 Å². The predicted octanol–water partition coefficient (Wildman–Crippen LogP) is 3.33. The van der Waals surface area contributed by atoms with Crippen molar-refractivity contribution in [2.45, 2.75) is 27.3 Å². The molecule has 1 aromatic carbocycles. The molecule has 0 fully saturated rings. The molecule has 0 radical (unpaired) electrons. The summed E-state index contributed by atoms with van der Waals surface area (Å²) >= 11 is 0. The molecular formula is C16H19NO4. The number of aromatic hydroxyl groups is 1. The molecule has 0 aliphatic heterocycles. The Labute approximate surface area is 123 Å². The molecule has 2 N–H and O–H groups in total. The van der Waals surface area contributed by atoms with Crippen LogP contribution in [0, 0.1) is 13.8 Å². The molecule has 0 aliphatic carbocycles. The molecule has 0 bridgehead atoms. The molecule has 112 valence electrons. The summed E-state index contributed by atoms with van der Waals surface area (Å²) in [5.74, 6) is -0.306. The van der Waals surface area contributed by atoms with Gasteiger partial charge in [-0.3, -0.25) is 0 Å². The van der Waals surface area contributed by atoms with Crippen molar-refractivity contribution in [3.63, 3.8) is 0 Å². The standard InChI is InChI=1S/C16H19NO4/c1-4-17(14-8-13(18)6-5-10(14)2)9-12-7-15(16(19)20)21-11(12)3/h5-8,18H,4,9H2,1-3H3,(H,19,20). The summed E-state index contributed by atoms with van der Waals surface area (Å²) in [6, 6.07) is 6.78. The molecule has 0 saturated carbocycles. The fraction of sp³-hybridized carbons (Fsp3) is 0.312. The first-order chi connectivity index (χ1) is 9.92. The Bertz CT molecular complexity index is 660. The molecule has 0 saturated heterocycles. The Hall–Kier alpha value is -2.43. The number of rotatable bonds is 5. The van der Waals surface area contributed by atoms with Gasteiger partial charge in [0.2, 0.25) is 5.76 Å². The number of phenols is 1. The Morgan fingerprint density at radius 3 is 2.57 bits per heavy atom. The monoisotopic (exact) mass is 289 g/mol. The van der Waals surface area contributed by atoms with Crippen LogP contribution in [0.5, 0.6) is 5.75 Å². The quantitative estimate of drug-likeness (QED) is 0.883. The average molecular weight is 289 g/mol. The highest BCUT2D eigenvalue weighted by Gasteiger charge is 2.16. The number of anilines is 1. The first-order valence-corrected chi connectivity index (χ1v) is 6.79. The topological polar surface area (TPSA) is 73.9 Å². The number of hydrogen-bond acceptors (Lipinski definition) is 4. The Kier molecular flexibility index (Phi) is 4.21. The highest BCUT2D eigenvalue weighted by Crippen LogP contribution is 2.27. The zero-order valence-electron chi connectivity index (χ0n) is 12.4. The van der Waals surface area contributed by atoms with Gasteiger partial charge in [0.1, 0.15) is 11.5 Å². The van der Waals surface area contributed by atoms with Crippen LogP contribution in [0.15, 0.2) is 28.7 Å². The van der Waals surface area contributed by atoms with Crippen molar-refractivity contribution < 1.29 is 19.4 Å². The first-order valence-electron chi connectivity index (χ1n) is 6.79. The molecule has 2 rings (SSSR count). The van der Waals surface area contributed by atoms with Crippen molar-refractivity contribution in [3.05, 3.63) is 46.9 Å². The van der Waals surface area contributed by atoms with E-state index < -0.39 is 5.97 Å². The molecule has 0 atom stereocenters. The van der Waals surface area contributed by atoms with Crippen molar-refractivity contribution in [2.24, 2.45) is 0 Å². The number of carboxylic acid groups (broad SMARTS) is 1. The van der Waals surface area contributed by atoms with Gasteiger partial charge in [-0.05, 0) is 38.5 Å². The van der Waals surface area contributed by atoms with Crippen molar-refractivity contribution in [1.82, 2.24) is 0 Å². The average Bonchev–Trinajstić information content (AvgIpc) is 2.80. The van der Waals surface area contributed by atoms with Gasteiger partial charge >= 0.3 is 5.97 Å². The minimum absolute atomic E-state index is 0.0498. The highest BCUT2D eigenvalue weighted by molar-refractivity contribution is 5.84. The maximum atomic E-state index is 11.0. The summed E-state index contributed by atoms with van der Waals surface area (Å²) in [6.45, 7) is 7.00. The van der Waals surface area contributed by atoms with Crippen LogP contribution in [0.4, 0.5) is 5.69 Å². The molecule has 21 heavy (non-hydrogen) atoms. The van der Waals surface area contributed by atoms with E-state index in [4.69, 9.17) is 9.52 Å². The fourth-order valence-corrected chi connectivity index (χ4v) is 2.29. The summed E-state index contributed by atoms with van der Waals surface area (Å²) in [5.41, 5.74) is 2.81. The minimum Gasteiger partial charge on any atom is -0.508 e. The number of aromatic carboxylic acids is 1. The van der Waals surface area contributed by atoms with E-state index >= 15 is 0 Å². The molecule has 0 spiro atoms. The van der Waals surface area contributed by atoms with Crippen LogP contribution in [0.3, 0.4) is 0 Å². The van der Waals surface area contributed by atoms with E-state index in [-0.39, 0.29) is 11.5 Å². The predicted molar refractivity (Wildman–Crippen MR) is 80.0 cm³/mol. The van der Waals surface area contributed by atoms with Gasteiger partial charge in [-0.2, -0.15) is 0 Å². The second-order valence-corrected chi connectivity index (χ2v) is 4.98.